The molecule has 6 heteroatoms. The molecule has 0 radical (unpaired) electrons. The Labute approximate surface area is 122 Å². The van der Waals surface area contributed by atoms with Crippen molar-refractivity contribution in [3.05, 3.63) is 16.1 Å². The molecule has 3 N–H and O–H groups in total. The topological polar surface area (TPSA) is 74.2 Å². The fourth-order valence-corrected chi connectivity index (χ4v) is 4.47. The number of hydrogen-bond donors (Lipinski definition) is 3. The summed E-state index contributed by atoms with van der Waals surface area (Å²) < 4.78 is 0. The van der Waals surface area contributed by atoms with Crippen molar-refractivity contribution >= 4 is 17.4 Å². The smallest absolute Gasteiger partial charge is 0.315 e. The molecule has 2 bridgehead atoms. The van der Waals surface area contributed by atoms with Crippen molar-refractivity contribution in [3.63, 3.8) is 0 Å². The molecule has 0 saturated heterocycles. The standard InChI is InChI=1S/C14H21N3O2S/c1-8-5-15-12(20-8)6-16-14(19)17-13-10-3-2-9(4-10)11(13)7-18/h5,9-11,13,18H,2-4,6-7H2,1H3,(H2,16,17,19). The van der Waals surface area contributed by atoms with E-state index in [1.165, 1.54) is 12.8 Å². The monoisotopic (exact) mass is 295 g/mol. The van der Waals surface area contributed by atoms with Gasteiger partial charge in [-0.3, -0.25) is 0 Å². The highest BCUT2D eigenvalue weighted by molar-refractivity contribution is 7.11. The maximum atomic E-state index is 12.0. The summed E-state index contributed by atoms with van der Waals surface area (Å²) in [6.07, 6.45) is 5.35. The summed E-state index contributed by atoms with van der Waals surface area (Å²) in [5.74, 6) is 1.38. The lowest BCUT2D eigenvalue weighted by atomic mass is 9.85. The number of aliphatic hydroxyl groups is 1. The van der Waals surface area contributed by atoms with Crippen LogP contribution in [0.3, 0.4) is 0 Å². The highest BCUT2D eigenvalue weighted by Gasteiger charge is 2.47. The quantitative estimate of drug-likeness (QED) is 0.791. The molecule has 2 aliphatic rings. The lowest BCUT2D eigenvalue weighted by molar-refractivity contribution is 0.144. The predicted octanol–water partition coefficient (Wildman–Crippen LogP) is 1.66. The lowest BCUT2D eigenvalue weighted by Crippen LogP contribution is -2.48. The minimum Gasteiger partial charge on any atom is -0.396 e. The zero-order valence-electron chi connectivity index (χ0n) is 11.6. The van der Waals surface area contributed by atoms with Gasteiger partial charge in [0.25, 0.3) is 0 Å². The number of fused-ring (bicyclic) bond motifs is 2. The Kier molecular flexibility index (Phi) is 3.94. The first kappa shape index (κ1) is 13.8. The number of amides is 2. The zero-order chi connectivity index (χ0) is 14.1. The average molecular weight is 295 g/mol. The molecule has 110 valence electrons. The summed E-state index contributed by atoms with van der Waals surface area (Å²) in [6, 6.07) is -0.00867. The predicted molar refractivity (Wildman–Crippen MR) is 77.4 cm³/mol. The van der Waals surface area contributed by atoms with Gasteiger partial charge in [-0.1, -0.05) is 0 Å². The number of nitrogens with one attached hydrogen (secondary N) is 2. The van der Waals surface area contributed by atoms with Crippen molar-refractivity contribution < 1.29 is 9.90 Å². The molecule has 2 saturated carbocycles. The number of aromatic nitrogens is 1. The lowest BCUT2D eigenvalue weighted by Gasteiger charge is -2.30. The van der Waals surface area contributed by atoms with Crippen LogP contribution < -0.4 is 10.6 Å². The Morgan fingerprint density at radius 3 is 3.00 bits per heavy atom. The number of nitrogens with zero attached hydrogens (tertiary/aromatic N) is 1. The third-order valence-corrected chi connectivity index (χ3v) is 5.58. The van der Waals surface area contributed by atoms with Crippen molar-refractivity contribution in [1.29, 1.82) is 0 Å². The summed E-state index contributed by atoms with van der Waals surface area (Å²) in [6.45, 7) is 2.65. The molecule has 4 unspecified atom stereocenters. The van der Waals surface area contributed by atoms with Crippen LogP contribution in [0.25, 0.3) is 0 Å². The van der Waals surface area contributed by atoms with Crippen LogP contribution in [-0.2, 0) is 6.54 Å². The van der Waals surface area contributed by atoms with Crippen LogP contribution in [0, 0.1) is 24.7 Å². The van der Waals surface area contributed by atoms with Crippen molar-refractivity contribution in [2.45, 2.75) is 38.8 Å². The first-order valence-electron chi connectivity index (χ1n) is 7.24. The van der Waals surface area contributed by atoms with Gasteiger partial charge in [0.15, 0.2) is 0 Å². The van der Waals surface area contributed by atoms with Crippen LogP contribution in [0.2, 0.25) is 0 Å². The molecule has 3 rings (SSSR count). The van der Waals surface area contributed by atoms with E-state index in [2.05, 4.69) is 15.6 Å². The number of hydrogen-bond acceptors (Lipinski definition) is 4. The van der Waals surface area contributed by atoms with Gasteiger partial charge in [-0.05, 0) is 38.0 Å². The van der Waals surface area contributed by atoms with Gasteiger partial charge in [0.05, 0.1) is 6.54 Å². The molecule has 2 fully saturated rings. The van der Waals surface area contributed by atoms with E-state index in [-0.39, 0.29) is 24.6 Å². The third kappa shape index (κ3) is 2.67. The number of thiazole rings is 1. The number of rotatable bonds is 4. The second kappa shape index (κ2) is 5.69. The molecule has 0 aliphatic heterocycles. The zero-order valence-corrected chi connectivity index (χ0v) is 12.4. The Hall–Kier alpha value is -1.14. The summed E-state index contributed by atoms with van der Waals surface area (Å²) >= 11 is 1.60. The maximum absolute atomic E-state index is 12.0. The van der Waals surface area contributed by atoms with Gasteiger partial charge in [0, 0.05) is 29.6 Å². The van der Waals surface area contributed by atoms with Crippen LogP contribution in [-0.4, -0.2) is 28.8 Å². The number of carbonyl (C=O) groups excluding carboxylic acids is 1. The third-order valence-electron chi connectivity index (χ3n) is 4.67. The molecule has 1 heterocycles. The summed E-state index contributed by atoms with van der Waals surface area (Å²) in [7, 11) is 0. The molecule has 1 aromatic heterocycles. The van der Waals surface area contributed by atoms with E-state index in [1.807, 2.05) is 13.1 Å². The van der Waals surface area contributed by atoms with Gasteiger partial charge in [0.2, 0.25) is 0 Å². The fourth-order valence-electron chi connectivity index (χ4n) is 3.74. The molecular weight excluding hydrogens is 274 g/mol. The normalized spacial score (nSPS) is 31.5. The molecule has 4 atom stereocenters. The molecule has 5 nitrogen and oxygen atoms in total. The highest BCUT2D eigenvalue weighted by Crippen LogP contribution is 2.48. The minimum atomic E-state index is -0.145. The molecule has 0 spiro atoms. The Morgan fingerprint density at radius 2 is 2.30 bits per heavy atom. The van der Waals surface area contributed by atoms with E-state index in [0.29, 0.717) is 18.4 Å². The van der Waals surface area contributed by atoms with E-state index >= 15 is 0 Å². The van der Waals surface area contributed by atoms with Crippen LogP contribution in [0.1, 0.15) is 29.1 Å². The Balaban J connectivity index is 1.51. The van der Waals surface area contributed by atoms with Crippen LogP contribution in [0.5, 0.6) is 0 Å². The molecular formula is C14H21N3O2S. The molecule has 1 aromatic rings. The first-order valence-corrected chi connectivity index (χ1v) is 8.05. The van der Waals surface area contributed by atoms with Gasteiger partial charge in [-0.15, -0.1) is 11.3 Å². The van der Waals surface area contributed by atoms with E-state index < -0.39 is 0 Å². The summed E-state index contributed by atoms with van der Waals surface area (Å²) in [5, 5.41) is 16.3. The largest absolute Gasteiger partial charge is 0.396 e. The average Bonchev–Trinajstić information content (AvgIpc) is 3.12. The van der Waals surface area contributed by atoms with Crippen molar-refractivity contribution in [3.8, 4) is 0 Å². The van der Waals surface area contributed by atoms with Gasteiger partial charge in [0.1, 0.15) is 5.01 Å². The van der Waals surface area contributed by atoms with E-state index in [9.17, 15) is 9.90 Å². The number of aryl methyl sites for hydroxylation is 1. The van der Waals surface area contributed by atoms with Gasteiger partial charge in [-0.25, -0.2) is 9.78 Å². The van der Waals surface area contributed by atoms with E-state index in [1.54, 1.807) is 11.3 Å². The molecule has 2 amide bonds. The SMILES string of the molecule is Cc1cnc(CNC(=O)NC2C3CCC(C3)C2CO)s1. The Morgan fingerprint density at radius 1 is 1.50 bits per heavy atom. The Bertz CT molecular complexity index is 491. The van der Waals surface area contributed by atoms with Crippen LogP contribution in [0.4, 0.5) is 4.79 Å². The van der Waals surface area contributed by atoms with Crippen molar-refractivity contribution in [2.75, 3.05) is 6.61 Å². The van der Waals surface area contributed by atoms with E-state index in [4.69, 9.17) is 0 Å². The number of aliphatic hydroxyl groups excluding tert-OH is 1. The molecule has 2 aliphatic carbocycles. The second-order valence-electron chi connectivity index (χ2n) is 5.90. The van der Waals surface area contributed by atoms with Crippen molar-refractivity contribution in [1.82, 2.24) is 15.6 Å². The summed E-state index contributed by atoms with van der Waals surface area (Å²) in [4.78, 5) is 17.4. The molecule has 0 aromatic carbocycles. The minimum absolute atomic E-state index is 0.136. The van der Waals surface area contributed by atoms with E-state index in [0.717, 1.165) is 16.3 Å². The highest BCUT2D eigenvalue weighted by atomic mass is 32.1. The first-order chi connectivity index (χ1) is 9.67. The molecule has 20 heavy (non-hydrogen) atoms. The number of urea groups is 1. The van der Waals surface area contributed by atoms with Crippen molar-refractivity contribution in [2.24, 2.45) is 17.8 Å². The fraction of sp³-hybridized carbons (Fsp3) is 0.714. The van der Waals surface area contributed by atoms with Crippen LogP contribution >= 0.6 is 11.3 Å². The van der Waals surface area contributed by atoms with Gasteiger partial charge in [-0.2, -0.15) is 0 Å². The maximum Gasteiger partial charge on any atom is 0.315 e. The summed E-state index contributed by atoms with van der Waals surface area (Å²) in [5.41, 5.74) is 0. The second-order valence-corrected chi connectivity index (χ2v) is 7.22. The number of carbonyl (C=O) groups is 1. The van der Waals surface area contributed by atoms with Gasteiger partial charge < -0.3 is 15.7 Å². The van der Waals surface area contributed by atoms with Crippen LogP contribution in [0.15, 0.2) is 6.20 Å². The van der Waals surface area contributed by atoms with Gasteiger partial charge >= 0.3 is 6.03 Å².